The second kappa shape index (κ2) is 5.53. The topological polar surface area (TPSA) is 66.5 Å². The Hall–Kier alpha value is -2.35. The zero-order chi connectivity index (χ0) is 13.8. The number of hydrogen-bond acceptors (Lipinski definition) is 4. The fourth-order valence-electron chi connectivity index (χ4n) is 2.01. The lowest BCUT2D eigenvalue weighted by molar-refractivity contribution is 0.544. The van der Waals surface area contributed by atoms with E-state index in [2.05, 4.69) is 21.5 Å². The fourth-order valence-corrected chi connectivity index (χ4v) is 2.01. The van der Waals surface area contributed by atoms with E-state index in [1.807, 2.05) is 31.5 Å². The van der Waals surface area contributed by atoms with E-state index in [0.29, 0.717) is 11.4 Å². The van der Waals surface area contributed by atoms with Gasteiger partial charge in [-0.1, -0.05) is 0 Å². The molecule has 0 fully saturated rings. The minimum absolute atomic E-state index is 0.139. The number of hydrogen-bond donors (Lipinski definition) is 1. The third-order valence-corrected chi connectivity index (χ3v) is 2.86. The Kier molecular flexibility index (Phi) is 3.81. The molecule has 2 aromatic rings. The molecule has 0 aliphatic rings. The molecule has 0 aliphatic carbocycles. The Labute approximate surface area is 112 Å². The van der Waals surface area contributed by atoms with E-state index in [0.717, 1.165) is 17.9 Å². The van der Waals surface area contributed by atoms with Gasteiger partial charge >= 0.3 is 0 Å². The first-order valence-corrected chi connectivity index (χ1v) is 6.23. The van der Waals surface area contributed by atoms with Gasteiger partial charge < -0.3 is 5.32 Å². The van der Waals surface area contributed by atoms with Gasteiger partial charge in [0.25, 0.3) is 0 Å². The first-order chi connectivity index (χ1) is 9.10. The zero-order valence-electron chi connectivity index (χ0n) is 11.4. The van der Waals surface area contributed by atoms with Gasteiger partial charge in [-0.05, 0) is 39.0 Å². The van der Waals surface area contributed by atoms with Crippen LogP contribution in [0, 0.1) is 25.2 Å². The number of pyridine rings is 1. The van der Waals surface area contributed by atoms with Crippen molar-refractivity contribution >= 4 is 5.82 Å². The largest absolute Gasteiger partial charge is 0.365 e. The highest BCUT2D eigenvalue weighted by atomic mass is 15.3. The summed E-state index contributed by atoms with van der Waals surface area (Å²) in [5.74, 6) is 0.624. The van der Waals surface area contributed by atoms with E-state index in [1.54, 1.807) is 18.3 Å². The van der Waals surface area contributed by atoms with Gasteiger partial charge in [0.05, 0.1) is 17.8 Å². The first kappa shape index (κ1) is 13.1. The van der Waals surface area contributed by atoms with Crippen LogP contribution in [0.25, 0.3) is 0 Å². The Balaban J connectivity index is 2.08. The molecule has 5 nitrogen and oxygen atoms in total. The molecule has 2 rings (SSSR count). The van der Waals surface area contributed by atoms with Crippen molar-refractivity contribution in [3.05, 3.63) is 41.3 Å². The molecule has 0 unspecified atom stereocenters. The summed E-state index contributed by atoms with van der Waals surface area (Å²) in [6.07, 6.45) is 1.68. The summed E-state index contributed by atoms with van der Waals surface area (Å²) >= 11 is 0. The van der Waals surface area contributed by atoms with Gasteiger partial charge in [-0.2, -0.15) is 10.4 Å². The molecule has 98 valence electrons. The minimum Gasteiger partial charge on any atom is -0.365 e. The second-order valence-electron chi connectivity index (χ2n) is 4.67. The molecule has 2 aromatic heterocycles. The van der Waals surface area contributed by atoms with E-state index in [9.17, 15) is 0 Å². The standard InChI is InChI=1S/C14H17N5/c1-10-7-12(3)19(18-10)9-11(2)17-14-13(8-15)5-4-6-16-14/h4-7,11H,9H2,1-3H3,(H,16,17)/t11-/m1/s1. The highest BCUT2D eigenvalue weighted by molar-refractivity contribution is 5.51. The lowest BCUT2D eigenvalue weighted by Gasteiger charge is -2.16. The summed E-state index contributed by atoms with van der Waals surface area (Å²) in [5.41, 5.74) is 2.70. The molecule has 0 bridgehead atoms. The lowest BCUT2D eigenvalue weighted by atomic mass is 10.2. The van der Waals surface area contributed by atoms with Crippen molar-refractivity contribution in [2.45, 2.75) is 33.4 Å². The van der Waals surface area contributed by atoms with Gasteiger partial charge in [0, 0.05) is 17.9 Å². The number of nitriles is 1. The van der Waals surface area contributed by atoms with Gasteiger partial charge in [-0.3, -0.25) is 4.68 Å². The van der Waals surface area contributed by atoms with E-state index in [-0.39, 0.29) is 6.04 Å². The molecule has 0 aliphatic heterocycles. The van der Waals surface area contributed by atoms with Crippen molar-refractivity contribution in [3.63, 3.8) is 0 Å². The highest BCUT2D eigenvalue weighted by Crippen LogP contribution is 2.12. The van der Waals surface area contributed by atoms with Crippen LogP contribution in [-0.4, -0.2) is 20.8 Å². The predicted octanol–water partition coefficient (Wildman–Crippen LogP) is 2.27. The molecular formula is C14H17N5. The Morgan fingerprint density at radius 3 is 2.89 bits per heavy atom. The maximum atomic E-state index is 9.02. The van der Waals surface area contributed by atoms with Crippen LogP contribution in [0.5, 0.6) is 0 Å². The van der Waals surface area contributed by atoms with Gasteiger partial charge in [0.15, 0.2) is 0 Å². The molecule has 0 saturated carbocycles. The molecule has 5 heteroatoms. The van der Waals surface area contributed by atoms with Crippen molar-refractivity contribution in [3.8, 4) is 6.07 Å². The molecule has 1 N–H and O–H groups in total. The molecule has 0 aromatic carbocycles. The van der Waals surface area contributed by atoms with Crippen LogP contribution in [-0.2, 0) is 6.54 Å². The van der Waals surface area contributed by atoms with Crippen LogP contribution < -0.4 is 5.32 Å². The summed E-state index contributed by atoms with van der Waals surface area (Å²) < 4.78 is 1.96. The Morgan fingerprint density at radius 1 is 1.47 bits per heavy atom. The Bertz CT molecular complexity index is 609. The van der Waals surface area contributed by atoms with Crippen molar-refractivity contribution < 1.29 is 0 Å². The van der Waals surface area contributed by atoms with Gasteiger partial charge in [-0.25, -0.2) is 4.98 Å². The molecule has 0 radical (unpaired) electrons. The minimum atomic E-state index is 0.139. The number of nitrogens with zero attached hydrogens (tertiary/aromatic N) is 4. The van der Waals surface area contributed by atoms with Crippen LogP contribution in [0.4, 0.5) is 5.82 Å². The van der Waals surface area contributed by atoms with E-state index >= 15 is 0 Å². The van der Waals surface area contributed by atoms with Crippen LogP contribution >= 0.6 is 0 Å². The summed E-state index contributed by atoms with van der Waals surface area (Å²) in [6.45, 7) is 6.80. The number of nitrogens with one attached hydrogen (secondary N) is 1. The van der Waals surface area contributed by atoms with Crippen LogP contribution in [0.15, 0.2) is 24.4 Å². The van der Waals surface area contributed by atoms with Crippen molar-refractivity contribution in [1.29, 1.82) is 5.26 Å². The summed E-state index contributed by atoms with van der Waals surface area (Å²) in [6, 6.07) is 7.84. The SMILES string of the molecule is Cc1cc(C)n(C[C@@H](C)Nc2ncccc2C#N)n1. The normalized spacial score (nSPS) is 11.9. The van der Waals surface area contributed by atoms with E-state index in [1.165, 1.54) is 0 Å². The summed E-state index contributed by atoms with van der Waals surface area (Å²) in [5, 5.41) is 16.7. The van der Waals surface area contributed by atoms with Crippen molar-refractivity contribution in [2.75, 3.05) is 5.32 Å². The number of aryl methyl sites for hydroxylation is 2. The average molecular weight is 255 g/mol. The number of rotatable bonds is 4. The third kappa shape index (κ3) is 3.10. The molecule has 0 saturated heterocycles. The van der Waals surface area contributed by atoms with Crippen molar-refractivity contribution in [2.24, 2.45) is 0 Å². The lowest BCUT2D eigenvalue weighted by Crippen LogP contribution is -2.24. The van der Waals surface area contributed by atoms with Crippen LogP contribution in [0.3, 0.4) is 0 Å². The van der Waals surface area contributed by atoms with E-state index < -0.39 is 0 Å². The van der Waals surface area contributed by atoms with Crippen LogP contribution in [0.2, 0.25) is 0 Å². The quantitative estimate of drug-likeness (QED) is 0.910. The predicted molar refractivity (Wildman–Crippen MR) is 73.7 cm³/mol. The molecular weight excluding hydrogens is 238 g/mol. The number of anilines is 1. The summed E-state index contributed by atoms with van der Waals surface area (Å²) in [7, 11) is 0. The summed E-state index contributed by atoms with van der Waals surface area (Å²) in [4.78, 5) is 4.20. The molecule has 1 atom stereocenters. The monoisotopic (exact) mass is 255 g/mol. The third-order valence-electron chi connectivity index (χ3n) is 2.86. The van der Waals surface area contributed by atoms with Crippen LogP contribution in [0.1, 0.15) is 23.9 Å². The average Bonchev–Trinajstić information content (AvgIpc) is 2.68. The zero-order valence-corrected chi connectivity index (χ0v) is 11.4. The maximum absolute atomic E-state index is 9.02. The smallest absolute Gasteiger partial charge is 0.144 e. The molecule has 0 spiro atoms. The van der Waals surface area contributed by atoms with Gasteiger partial charge in [0.2, 0.25) is 0 Å². The van der Waals surface area contributed by atoms with Gasteiger partial charge in [0.1, 0.15) is 11.9 Å². The maximum Gasteiger partial charge on any atom is 0.144 e. The molecule has 0 amide bonds. The number of aromatic nitrogens is 3. The van der Waals surface area contributed by atoms with Gasteiger partial charge in [-0.15, -0.1) is 0 Å². The fraction of sp³-hybridized carbons (Fsp3) is 0.357. The first-order valence-electron chi connectivity index (χ1n) is 6.23. The second-order valence-corrected chi connectivity index (χ2v) is 4.67. The Morgan fingerprint density at radius 2 is 2.26 bits per heavy atom. The van der Waals surface area contributed by atoms with Crippen molar-refractivity contribution in [1.82, 2.24) is 14.8 Å². The molecule has 19 heavy (non-hydrogen) atoms. The van der Waals surface area contributed by atoms with E-state index in [4.69, 9.17) is 5.26 Å². The molecule has 2 heterocycles. The highest BCUT2D eigenvalue weighted by Gasteiger charge is 2.09.